The summed E-state index contributed by atoms with van der Waals surface area (Å²) in [5, 5.41) is 13.0. The monoisotopic (exact) mass is 316 g/mol. The van der Waals surface area contributed by atoms with Gasteiger partial charge in [-0.05, 0) is 6.07 Å². The molecule has 1 N–H and O–H groups in total. The van der Waals surface area contributed by atoms with Crippen molar-refractivity contribution in [3.8, 4) is 0 Å². The van der Waals surface area contributed by atoms with Gasteiger partial charge in [-0.25, -0.2) is 0 Å². The smallest absolute Gasteiger partial charge is 0.281 e. The maximum absolute atomic E-state index is 11.8. The normalized spacial score (nSPS) is 11.7. The van der Waals surface area contributed by atoms with Gasteiger partial charge in [-0.1, -0.05) is 6.07 Å². The summed E-state index contributed by atoms with van der Waals surface area (Å²) in [7, 11) is 0.281. The molecule has 0 aliphatic heterocycles. The third-order valence-corrected chi connectivity index (χ3v) is 4.40. The highest BCUT2D eigenvalue weighted by Crippen LogP contribution is 2.17. The first-order valence-corrected chi connectivity index (χ1v) is 7.22. The van der Waals surface area contributed by atoms with Gasteiger partial charge in [0.15, 0.2) is 0 Å². The summed E-state index contributed by atoms with van der Waals surface area (Å²) in [5.74, 6) is -0.594. The molecule has 0 aromatic heterocycles. The second kappa shape index (κ2) is 6.61. The van der Waals surface area contributed by atoms with Gasteiger partial charge >= 0.3 is 0 Å². The fourth-order valence-electron chi connectivity index (χ4n) is 1.46. The van der Waals surface area contributed by atoms with E-state index in [-0.39, 0.29) is 11.4 Å². The first-order chi connectivity index (χ1) is 9.64. The SMILES string of the molecule is CN(C)S(=O)(=O)N(C)CC(=O)Nc1cccc([N+](=O)[O-])c1. The minimum absolute atomic E-state index is 0.165. The highest BCUT2D eigenvalue weighted by Gasteiger charge is 2.22. The number of nitrogens with zero attached hydrogens (tertiary/aromatic N) is 3. The van der Waals surface area contributed by atoms with E-state index in [1.165, 1.54) is 45.4 Å². The minimum Gasteiger partial charge on any atom is -0.325 e. The molecule has 21 heavy (non-hydrogen) atoms. The van der Waals surface area contributed by atoms with Crippen molar-refractivity contribution in [2.45, 2.75) is 0 Å². The van der Waals surface area contributed by atoms with Gasteiger partial charge < -0.3 is 5.32 Å². The Labute approximate surface area is 122 Å². The molecule has 10 heteroatoms. The molecule has 0 fully saturated rings. The molecule has 0 heterocycles. The molecule has 9 nitrogen and oxygen atoms in total. The van der Waals surface area contributed by atoms with Crippen molar-refractivity contribution >= 4 is 27.5 Å². The molecule has 0 radical (unpaired) electrons. The lowest BCUT2D eigenvalue weighted by Crippen LogP contribution is -2.41. The van der Waals surface area contributed by atoms with Crippen LogP contribution in [0.25, 0.3) is 0 Å². The van der Waals surface area contributed by atoms with Crippen LogP contribution in [0.3, 0.4) is 0 Å². The lowest BCUT2D eigenvalue weighted by atomic mass is 10.3. The molecule has 0 aliphatic carbocycles. The topological polar surface area (TPSA) is 113 Å². The maximum atomic E-state index is 11.8. The Morgan fingerprint density at radius 1 is 1.33 bits per heavy atom. The molecular formula is C11H16N4O5S. The number of rotatable bonds is 6. The van der Waals surface area contributed by atoms with Crippen LogP contribution in [0.2, 0.25) is 0 Å². The maximum Gasteiger partial charge on any atom is 0.281 e. The predicted octanol–water partition coefficient (Wildman–Crippen LogP) is 0.272. The van der Waals surface area contributed by atoms with Crippen molar-refractivity contribution in [1.29, 1.82) is 0 Å². The van der Waals surface area contributed by atoms with Crippen molar-refractivity contribution in [2.75, 3.05) is 33.0 Å². The summed E-state index contributed by atoms with van der Waals surface area (Å²) < 4.78 is 25.3. The Morgan fingerprint density at radius 2 is 1.95 bits per heavy atom. The van der Waals surface area contributed by atoms with Crippen molar-refractivity contribution < 1.29 is 18.1 Å². The van der Waals surface area contributed by atoms with Crippen LogP contribution in [0.15, 0.2) is 24.3 Å². The van der Waals surface area contributed by atoms with Crippen LogP contribution in [0, 0.1) is 10.1 Å². The van der Waals surface area contributed by atoms with Crippen LogP contribution in [-0.4, -0.2) is 55.5 Å². The van der Waals surface area contributed by atoms with E-state index >= 15 is 0 Å². The van der Waals surface area contributed by atoms with E-state index in [4.69, 9.17) is 0 Å². The van der Waals surface area contributed by atoms with Gasteiger partial charge in [0, 0.05) is 39.0 Å². The van der Waals surface area contributed by atoms with Gasteiger partial charge in [-0.3, -0.25) is 14.9 Å². The summed E-state index contributed by atoms with van der Waals surface area (Å²) in [6.07, 6.45) is 0. The van der Waals surface area contributed by atoms with E-state index in [0.717, 1.165) is 8.61 Å². The largest absolute Gasteiger partial charge is 0.325 e. The van der Waals surface area contributed by atoms with Gasteiger partial charge in [-0.15, -0.1) is 0 Å². The van der Waals surface area contributed by atoms with E-state index in [9.17, 15) is 23.3 Å². The number of benzene rings is 1. The number of hydrogen-bond acceptors (Lipinski definition) is 5. The van der Waals surface area contributed by atoms with Crippen molar-refractivity contribution in [3.63, 3.8) is 0 Å². The van der Waals surface area contributed by atoms with Crippen molar-refractivity contribution in [1.82, 2.24) is 8.61 Å². The molecule has 116 valence electrons. The Bertz CT molecular complexity index is 644. The molecule has 1 aromatic carbocycles. The van der Waals surface area contributed by atoms with E-state index in [0.29, 0.717) is 0 Å². The van der Waals surface area contributed by atoms with Gasteiger partial charge in [0.25, 0.3) is 15.9 Å². The molecule has 0 aliphatic rings. The van der Waals surface area contributed by atoms with Crippen LogP contribution in [0.4, 0.5) is 11.4 Å². The van der Waals surface area contributed by atoms with E-state index < -0.39 is 27.6 Å². The summed E-state index contributed by atoms with van der Waals surface area (Å²) >= 11 is 0. The fourth-order valence-corrected chi connectivity index (χ4v) is 2.30. The first kappa shape index (κ1) is 17.0. The summed E-state index contributed by atoms with van der Waals surface area (Å²) in [5.41, 5.74) is 0.0620. The number of amides is 1. The van der Waals surface area contributed by atoms with E-state index in [1.54, 1.807) is 0 Å². The second-order valence-electron chi connectivity index (χ2n) is 4.40. The third kappa shape index (κ3) is 4.48. The minimum atomic E-state index is -3.69. The number of likely N-dealkylation sites (N-methyl/N-ethyl adjacent to an activating group) is 1. The van der Waals surface area contributed by atoms with Crippen molar-refractivity contribution in [2.24, 2.45) is 0 Å². The number of nitro benzene ring substituents is 1. The molecule has 0 unspecified atom stereocenters. The van der Waals surface area contributed by atoms with Crippen LogP contribution < -0.4 is 5.32 Å². The summed E-state index contributed by atoms with van der Waals surface area (Å²) in [6.45, 7) is -0.400. The zero-order chi connectivity index (χ0) is 16.2. The number of nitro groups is 1. The predicted molar refractivity (Wildman–Crippen MR) is 77.0 cm³/mol. The molecule has 1 aromatic rings. The van der Waals surface area contributed by atoms with Gasteiger partial charge in [0.2, 0.25) is 5.91 Å². The molecule has 0 bridgehead atoms. The zero-order valence-electron chi connectivity index (χ0n) is 11.8. The Kier molecular flexibility index (Phi) is 5.35. The van der Waals surface area contributed by atoms with Gasteiger partial charge in [-0.2, -0.15) is 17.0 Å². The van der Waals surface area contributed by atoms with Crippen molar-refractivity contribution in [3.05, 3.63) is 34.4 Å². The Hall–Kier alpha value is -2.04. The van der Waals surface area contributed by atoms with E-state index in [2.05, 4.69) is 5.32 Å². The molecule has 0 saturated heterocycles. The van der Waals surface area contributed by atoms with Crippen LogP contribution in [0.1, 0.15) is 0 Å². The fraction of sp³-hybridized carbons (Fsp3) is 0.364. The zero-order valence-corrected chi connectivity index (χ0v) is 12.6. The highest BCUT2D eigenvalue weighted by molar-refractivity contribution is 7.86. The number of nitrogens with one attached hydrogen (secondary N) is 1. The van der Waals surface area contributed by atoms with Gasteiger partial charge in [0.1, 0.15) is 0 Å². The van der Waals surface area contributed by atoms with Gasteiger partial charge in [0.05, 0.1) is 11.5 Å². The lowest BCUT2D eigenvalue weighted by molar-refractivity contribution is -0.384. The molecule has 1 rings (SSSR count). The van der Waals surface area contributed by atoms with Crippen LogP contribution in [0.5, 0.6) is 0 Å². The molecule has 1 amide bonds. The highest BCUT2D eigenvalue weighted by atomic mass is 32.2. The van der Waals surface area contributed by atoms with E-state index in [1.807, 2.05) is 0 Å². The number of non-ortho nitro benzene ring substituents is 1. The average Bonchev–Trinajstić information content (AvgIpc) is 2.38. The van der Waals surface area contributed by atoms with Crippen LogP contribution in [-0.2, 0) is 15.0 Å². The third-order valence-electron chi connectivity index (χ3n) is 2.56. The number of anilines is 1. The first-order valence-electron chi connectivity index (χ1n) is 5.82. The molecule has 0 atom stereocenters. The summed E-state index contributed by atoms with van der Waals surface area (Å²) in [6, 6.07) is 5.38. The number of hydrogen-bond donors (Lipinski definition) is 1. The van der Waals surface area contributed by atoms with Crippen LogP contribution >= 0.6 is 0 Å². The number of carbonyl (C=O) groups excluding carboxylic acids is 1. The second-order valence-corrected chi connectivity index (χ2v) is 6.65. The number of carbonyl (C=O) groups is 1. The molecule has 0 saturated carbocycles. The quantitative estimate of drug-likeness (QED) is 0.598. The Morgan fingerprint density at radius 3 is 2.48 bits per heavy atom. The molecular weight excluding hydrogens is 300 g/mol. The average molecular weight is 316 g/mol. The molecule has 0 spiro atoms. The lowest BCUT2D eigenvalue weighted by Gasteiger charge is -2.20. The summed E-state index contributed by atoms with van der Waals surface area (Å²) in [4.78, 5) is 21.8. The Balaban J connectivity index is 2.75. The standard InChI is InChI=1S/C11H16N4O5S/c1-13(2)21(19,20)14(3)8-11(16)12-9-5-4-6-10(7-9)15(17)18/h4-7H,8H2,1-3H3,(H,12,16).